The van der Waals surface area contributed by atoms with E-state index in [4.69, 9.17) is 23.2 Å². The molecule has 2 rings (SSSR count). The summed E-state index contributed by atoms with van der Waals surface area (Å²) < 4.78 is 0. The third-order valence-corrected chi connectivity index (χ3v) is 5.39. The minimum absolute atomic E-state index is 0.587. The van der Waals surface area contributed by atoms with Crippen molar-refractivity contribution >= 4 is 29.2 Å². The number of hydrogen-bond acceptors (Lipinski definition) is 2. The molecule has 0 atom stereocenters. The Morgan fingerprint density at radius 1 is 1.29 bits per heavy atom. The molecular formula is C18H28Cl2N4. The minimum atomic E-state index is 0.587. The van der Waals surface area contributed by atoms with E-state index in [0.29, 0.717) is 10.0 Å². The average Bonchev–Trinajstić information content (AvgIpc) is 2.56. The first-order valence-electron chi connectivity index (χ1n) is 8.54. The maximum atomic E-state index is 6.09. The molecule has 1 heterocycles. The largest absolute Gasteiger partial charge is 0.356 e. The van der Waals surface area contributed by atoms with Crippen LogP contribution < -0.4 is 5.32 Å². The average molecular weight is 371 g/mol. The standard InChI is InChI=1S/C18H28Cl2N4/c1-21-18(22-9-6-14-7-10-23(2)11-8-14)24(3)13-15-4-5-16(19)17(20)12-15/h4-5,12,14H,6-11,13H2,1-3H3,(H,21,22). The number of nitrogens with one attached hydrogen (secondary N) is 1. The summed E-state index contributed by atoms with van der Waals surface area (Å²) in [7, 11) is 6.06. The number of piperidine rings is 1. The second kappa shape index (κ2) is 9.50. The number of nitrogens with zero attached hydrogens (tertiary/aromatic N) is 3. The van der Waals surface area contributed by atoms with Gasteiger partial charge in [-0.15, -0.1) is 0 Å². The summed E-state index contributed by atoms with van der Waals surface area (Å²) in [6.45, 7) is 4.14. The van der Waals surface area contributed by atoms with Gasteiger partial charge in [0.25, 0.3) is 0 Å². The smallest absolute Gasteiger partial charge is 0.193 e. The fraction of sp³-hybridized carbons (Fsp3) is 0.611. The Bertz CT molecular complexity index is 554. The summed E-state index contributed by atoms with van der Waals surface area (Å²) >= 11 is 12.1. The fourth-order valence-electron chi connectivity index (χ4n) is 3.11. The first-order valence-corrected chi connectivity index (χ1v) is 9.29. The molecule has 1 aromatic carbocycles. The highest BCUT2D eigenvalue weighted by atomic mass is 35.5. The van der Waals surface area contributed by atoms with Gasteiger partial charge in [-0.05, 0) is 63.0 Å². The van der Waals surface area contributed by atoms with E-state index in [2.05, 4.69) is 27.2 Å². The monoisotopic (exact) mass is 370 g/mol. The normalized spacial score (nSPS) is 17.1. The Balaban J connectivity index is 1.78. The van der Waals surface area contributed by atoms with Crippen LogP contribution in [0.4, 0.5) is 0 Å². The van der Waals surface area contributed by atoms with Gasteiger partial charge in [-0.25, -0.2) is 0 Å². The zero-order valence-electron chi connectivity index (χ0n) is 14.9. The summed E-state index contributed by atoms with van der Waals surface area (Å²) in [5.74, 6) is 1.74. The van der Waals surface area contributed by atoms with Crippen LogP contribution in [0.25, 0.3) is 0 Å². The lowest BCUT2D eigenvalue weighted by molar-refractivity contribution is 0.212. The fourth-order valence-corrected chi connectivity index (χ4v) is 3.43. The SMILES string of the molecule is CN=C(NCCC1CCN(C)CC1)N(C)Cc1ccc(Cl)c(Cl)c1. The van der Waals surface area contributed by atoms with Crippen LogP contribution in [-0.4, -0.2) is 56.5 Å². The molecule has 1 aliphatic rings. The van der Waals surface area contributed by atoms with Crippen molar-refractivity contribution in [2.45, 2.75) is 25.8 Å². The van der Waals surface area contributed by atoms with Gasteiger partial charge in [0.2, 0.25) is 0 Å². The van der Waals surface area contributed by atoms with Crippen molar-refractivity contribution in [2.75, 3.05) is 40.8 Å². The molecule has 1 aromatic rings. The van der Waals surface area contributed by atoms with Crippen molar-refractivity contribution in [1.29, 1.82) is 0 Å². The van der Waals surface area contributed by atoms with Crippen LogP contribution in [0.15, 0.2) is 23.2 Å². The summed E-state index contributed by atoms with van der Waals surface area (Å²) in [5, 5.41) is 4.65. The molecule has 0 spiro atoms. The summed E-state index contributed by atoms with van der Waals surface area (Å²) in [6, 6.07) is 5.74. The number of hydrogen-bond donors (Lipinski definition) is 1. The first-order chi connectivity index (χ1) is 11.5. The lowest BCUT2D eigenvalue weighted by atomic mass is 9.94. The van der Waals surface area contributed by atoms with Gasteiger partial charge in [-0.1, -0.05) is 29.3 Å². The van der Waals surface area contributed by atoms with Crippen molar-refractivity contribution in [3.05, 3.63) is 33.8 Å². The summed E-state index contributed by atoms with van der Waals surface area (Å²) in [4.78, 5) is 8.90. The quantitative estimate of drug-likeness (QED) is 0.632. The molecule has 4 nitrogen and oxygen atoms in total. The zero-order valence-corrected chi connectivity index (χ0v) is 16.4. The molecule has 0 saturated carbocycles. The number of likely N-dealkylation sites (tertiary alicyclic amines) is 1. The van der Waals surface area contributed by atoms with Crippen LogP contribution in [-0.2, 0) is 6.54 Å². The third-order valence-electron chi connectivity index (χ3n) is 4.65. The summed E-state index contributed by atoms with van der Waals surface area (Å²) in [6.07, 6.45) is 3.80. The van der Waals surface area contributed by atoms with E-state index < -0.39 is 0 Å². The van der Waals surface area contributed by atoms with E-state index in [1.165, 1.54) is 32.4 Å². The molecule has 6 heteroatoms. The van der Waals surface area contributed by atoms with Crippen LogP contribution in [0.2, 0.25) is 10.0 Å². The number of benzene rings is 1. The Hall–Kier alpha value is -0.970. The highest BCUT2D eigenvalue weighted by molar-refractivity contribution is 6.42. The molecule has 24 heavy (non-hydrogen) atoms. The highest BCUT2D eigenvalue weighted by Crippen LogP contribution is 2.23. The molecule has 0 amide bonds. The summed E-state index contributed by atoms with van der Waals surface area (Å²) in [5.41, 5.74) is 1.12. The molecule has 0 aliphatic carbocycles. The van der Waals surface area contributed by atoms with Crippen molar-refractivity contribution < 1.29 is 0 Å². The van der Waals surface area contributed by atoms with Gasteiger partial charge in [0.05, 0.1) is 10.0 Å². The molecule has 1 saturated heterocycles. The molecule has 1 aliphatic heterocycles. The van der Waals surface area contributed by atoms with Crippen molar-refractivity contribution in [2.24, 2.45) is 10.9 Å². The van der Waals surface area contributed by atoms with Gasteiger partial charge < -0.3 is 15.1 Å². The van der Waals surface area contributed by atoms with Crippen molar-refractivity contribution in [1.82, 2.24) is 15.1 Å². The lowest BCUT2D eigenvalue weighted by Gasteiger charge is -2.29. The van der Waals surface area contributed by atoms with Gasteiger partial charge in [-0.3, -0.25) is 4.99 Å². The molecule has 0 unspecified atom stereocenters. The molecule has 0 aromatic heterocycles. The molecule has 134 valence electrons. The van der Waals surface area contributed by atoms with E-state index in [-0.39, 0.29) is 0 Å². The van der Waals surface area contributed by atoms with Crippen LogP contribution in [0, 0.1) is 5.92 Å². The van der Waals surface area contributed by atoms with Crippen LogP contribution in [0.5, 0.6) is 0 Å². The second-order valence-electron chi connectivity index (χ2n) is 6.61. The number of guanidine groups is 1. The zero-order chi connectivity index (χ0) is 17.5. The maximum absolute atomic E-state index is 6.09. The van der Waals surface area contributed by atoms with Crippen molar-refractivity contribution in [3.63, 3.8) is 0 Å². The second-order valence-corrected chi connectivity index (χ2v) is 7.43. The van der Waals surface area contributed by atoms with Gasteiger partial charge in [0, 0.05) is 27.2 Å². The van der Waals surface area contributed by atoms with E-state index in [1.807, 2.05) is 32.3 Å². The predicted octanol–water partition coefficient (Wildman–Crippen LogP) is 3.73. The van der Waals surface area contributed by atoms with E-state index >= 15 is 0 Å². The molecule has 1 fully saturated rings. The number of halogens is 2. The Morgan fingerprint density at radius 3 is 2.62 bits per heavy atom. The highest BCUT2D eigenvalue weighted by Gasteiger charge is 2.16. The number of rotatable bonds is 5. The van der Waals surface area contributed by atoms with Crippen LogP contribution in [0.3, 0.4) is 0 Å². The molecule has 1 N–H and O–H groups in total. The third kappa shape index (κ3) is 5.83. The molecular weight excluding hydrogens is 343 g/mol. The van der Waals surface area contributed by atoms with Crippen molar-refractivity contribution in [3.8, 4) is 0 Å². The number of aliphatic imine (C=N–C) groups is 1. The molecule has 0 radical (unpaired) electrons. The lowest BCUT2D eigenvalue weighted by Crippen LogP contribution is -2.40. The predicted molar refractivity (Wildman–Crippen MR) is 104 cm³/mol. The van der Waals surface area contributed by atoms with Gasteiger partial charge in [0.15, 0.2) is 5.96 Å². The Labute approximate surface area is 155 Å². The Kier molecular flexibility index (Phi) is 7.66. The topological polar surface area (TPSA) is 30.9 Å². The minimum Gasteiger partial charge on any atom is -0.356 e. The Morgan fingerprint density at radius 2 is 2.00 bits per heavy atom. The molecule has 0 bridgehead atoms. The maximum Gasteiger partial charge on any atom is 0.193 e. The van der Waals surface area contributed by atoms with Crippen LogP contribution >= 0.6 is 23.2 Å². The van der Waals surface area contributed by atoms with Gasteiger partial charge in [-0.2, -0.15) is 0 Å². The van der Waals surface area contributed by atoms with Crippen LogP contribution in [0.1, 0.15) is 24.8 Å². The van der Waals surface area contributed by atoms with Gasteiger partial charge in [0.1, 0.15) is 0 Å². The first kappa shape index (κ1) is 19.4. The van der Waals surface area contributed by atoms with E-state index in [1.54, 1.807) is 0 Å². The van der Waals surface area contributed by atoms with E-state index in [0.717, 1.165) is 30.5 Å². The van der Waals surface area contributed by atoms with Gasteiger partial charge >= 0.3 is 0 Å². The van der Waals surface area contributed by atoms with E-state index in [9.17, 15) is 0 Å².